The Balaban J connectivity index is 2.05. The van der Waals surface area contributed by atoms with Gasteiger partial charge in [-0.3, -0.25) is 0 Å². The van der Waals surface area contributed by atoms with Crippen LogP contribution in [0.4, 0.5) is 25.0 Å². The summed E-state index contributed by atoms with van der Waals surface area (Å²) in [6.45, 7) is 1.84. The third-order valence-electron chi connectivity index (χ3n) is 2.90. The Labute approximate surface area is 121 Å². The Morgan fingerprint density at radius 3 is 2.14 bits per heavy atom. The first kappa shape index (κ1) is 14.9. The second-order valence-electron chi connectivity index (χ2n) is 4.59. The highest BCUT2D eigenvalue weighted by Gasteiger charge is 2.11. The molecular weight excluding hydrogens is 276 g/mol. The number of urea groups is 1. The third kappa shape index (κ3) is 3.76. The van der Waals surface area contributed by atoms with Crippen molar-refractivity contribution in [3.05, 3.63) is 59.7 Å². The van der Waals surface area contributed by atoms with Crippen molar-refractivity contribution in [2.24, 2.45) is 5.73 Å². The molecule has 0 bridgehead atoms. The van der Waals surface area contributed by atoms with Crippen molar-refractivity contribution in [1.82, 2.24) is 0 Å². The fourth-order valence-electron chi connectivity index (χ4n) is 1.76. The van der Waals surface area contributed by atoms with Gasteiger partial charge in [0.1, 0.15) is 17.3 Å². The zero-order valence-corrected chi connectivity index (χ0v) is 11.4. The van der Waals surface area contributed by atoms with E-state index < -0.39 is 23.4 Å². The monoisotopic (exact) mass is 291 g/mol. The van der Waals surface area contributed by atoms with E-state index in [1.54, 1.807) is 24.3 Å². The van der Waals surface area contributed by atoms with Gasteiger partial charge in [-0.15, -0.1) is 0 Å². The van der Waals surface area contributed by atoms with Crippen LogP contribution in [0.5, 0.6) is 0 Å². The summed E-state index contributed by atoms with van der Waals surface area (Å²) in [5.74, 6) is -1.67. The molecule has 0 spiro atoms. The summed E-state index contributed by atoms with van der Waals surface area (Å²) >= 11 is 0. The molecule has 0 radical (unpaired) electrons. The molecule has 6 heteroatoms. The maximum Gasteiger partial charge on any atom is 0.323 e. The Bertz CT molecular complexity index is 622. The second-order valence-corrected chi connectivity index (χ2v) is 4.59. The molecule has 2 rings (SSSR count). The van der Waals surface area contributed by atoms with Gasteiger partial charge in [0.2, 0.25) is 0 Å². The predicted molar refractivity (Wildman–Crippen MR) is 78.0 cm³/mol. The number of nitrogens with two attached hydrogens (primary N) is 1. The molecule has 0 saturated carbocycles. The van der Waals surface area contributed by atoms with Gasteiger partial charge >= 0.3 is 6.03 Å². The summed E-state index contributed by atoms with van der Waals surface area (Å²) in [6.07, 6.45) is 0. The number of hydrogen-bond acceptors (Lipinski definition) is 2. The van der Waals surface area contributed by atoms with E-state index in [-0.39, 0.29) is 6.04 Å². The van der Waals surface area contributed by atoms with Crippen molar-refractivity contribution in [1.29, 1.82) is 0 Å². The van der Waals surface area contributed by atoms with Gasteiger partial charge in [0.05, 0.1) is 0 Å². The van der Waals surface area contributed by atoms with Crippen molar-refractivity contribution in [3.63, 3.8) is 0 Å². The quantitative estimate of drug-likeness (QED) is 0.808. The first-order valence-corrected chi connectivity index (χ1v) is 6.35. The number of rotatable bonds is 3. The van der Waals surface area contributed by atoms with E-state index in [9.17, 15) is 13.6 Å². The van der Waals surface area contributed by atoms with Crippen LogP contribution in [0, 0.1) is 11.6 Å². The van der Waals surface area contributed by atoms with Gasteiger partial charge in [-0.1, -0.05) is 18.2 Å². The average Bonchev–Trinajstić information content (AvgIpc) is 2.43. The largest absolute Gasteiger partial charge is 0.324 e. The molecule has 0 aromatic heterocycles. The van der Waals surface area contributed by atoms with E-state index in [0.717, 1.165) is 17.7 Å². The maximum absolute atomic E-state index is 13.4. The molecule has 0 fully saturated rings. The van der Waals surface area contributed by atoms with Crippen LogP contribution < -0.4 is 16.4 Å². The molecule has 2 aromatic rings. The van der Waals surface area contributed by atoms with Crippen LogP contribution in [0.3, 0.4) is 0 Å². The molecule has 4 nitrogen and oxygen atoms in total. The minimum Gasteiger partial charge on any atom is -0.324 e. The van der Waals surface area contributed by atoms with Crippen LogP contribution in [0.2, 0.25) is 0 Å². The molecule has 0 saturated heterocycles. The second kappa shape index (κ2) is 6.32. The first-order valence-electron chi connectivity index (χ1n) is 6.35. The Morgan fingerprint density at radius 2 is 1.62 bits per heavy atom. The topological polar surface area (TPSA) is 67.1 Å². The molecule has 0 heterocycles. The Hall–Kier alpha value is -2.47. The molecule has 21 heavy (non-hydrogen) atoms. The molecule has 110 valence electrons. The lowest BCUT2D eigenvalue weighted by Crippen LogP contribution is -2.21. The predicted octanol–water partition coefficient (Wildman–Crippen LogP) is 3.63. The van der Waals surface area contributed by atoms with Gasteiger partial charge in [-0.25, -0.2) is 13.6 Å². The lowest BCUT2D eigenvalue weighted by molar-refractivity contribution is 0.262. The lowest BCUT2D eigenvalue weighted by Gasteiger charge is -2.10. The highest BCUT2D eigenvalue weighted by Crippen LogP contribution is 2.19. The fourth-order valence-corrected chi connectivity index (χ4v) is 1.76. The number of nitrogens with one attached hydrogen (secondary N) is 2. The summed E-state index contributed by atoms with van der Waals surface area (Å²) in [7, 11) is 0. The van der Waals surface area contributed by atoms with E-state index in [1.165, 1.54) is 6.07 Å². The maximum atomic E-state index is 13.4. The van der Waals surface area contributed by atoms with Gasteiger partial charge in [0.15, 0.2) is 0 Å². The number of hydrogen-bond donors (Lipinski definition) is 3. The summed E-state index contributed by atoms with van der Waals surface area (Å²) in [4.78, 5) is 11.7. The normalized spacial score (nSPS) is 11.8. The number of anilines is 2. The van der Waals surface area contributed by atoms with Gasteiger partial charge in [-0.2, -0.15) is 0 Å². The van der Waals surface area contributed by atoms with Crippen LogP contribution >= 0.6 is 0 Å². The molecule has 2 aromatic carbocycles. The van der Waals surface area contributed by atoms with Crippen molar-refractivity contribution < 1.29 is 13.6 Å². The first-order chi connectivity index (χ1) is 9.97. The fraction of sp³-hybridized carbons (Fsp3) is 0.133. The molecule has 2 amide bonds. The van der Waals surface area contributed by atoms with Crippen molar-refractivity contribution in [2.45, 2.75) is 13.0 Å². The van der Waals surface area contributed by atoms with Crippen molar-refractivity contribution in [3.8, 4) is 0 Å². The van der Waals surface area contributed by atoms with Crippen molar-refractivity contribution in [2.75, 3.05) is 10.6 Å². The lowest BCUT2D eigenvalue weighted by atomic mass is 10.1. The molecule has 1 unspecified atom stereocenters. The zero-order valence-electron chi connectivity index (χ0n) is 11.4. The Kier molecular flexibility index (Phi) is 4.49. The number of para-hydroxylation sites is 1. The summed E-state index contributed by atoms with van der Waals surface area (Å²) in [5, 5.41) is 4.63. The zero-order chi connectivity index (χ0) is 15.4. The number of halogens is 2. The minimum absolute atomic E-state index is 0.111. The summed E-state index contributed by atoms with van der Waals surface area (Å²) in [6, 6.07) is 9.38. The highest BCUT2D eigenvalue weighted by atomic mass is 19.1. The third-order valence-corrected chi connectivity index (χ3v) is 2.90. The smallest absolute Gasteiger partial charge is 0.323 e. The van der Waals surface area contributed by atoms with Crippen LogP contribution in [-0.2, 0) is 0 Å². The SMILES string of the molecule is CC(N)c1ccc(NC(=O)Nc2c(F)cccc2F)cc1. The summed E-state index contributed by atoms with van der Waals surface area (Å²) in [5.41, 5.74) is 6.65. The van der Waals surface area contributed by atoms with Crippen molar-refractivity contribution >= 4 is 17.4 Å². The van der Waals surface area contributed by atoms with E-state index in [4.69, 9.17) is 5.73 Å². The molecule has 0 aliphatic rings. The van der Waals surface area contributed by atoms with Crippen LogP contribution in [-0.4, -0.2) is 6.03 Å². The molecular formula is C15H15F2N3O. The number of benzene rings is 2. The number of carbonyl (C=O) groups excluding carboxylic acids is 1. The highest BCUT2D eigenvalue weighted by molar-refractivity contribution is 5.99. The summed E-state index contributed by atoms with van der Waals surface area (Å²) < 4.78 is 26.8. The van der Waals surface area contributed by atoms with E-state index in [0.29, 0.717) is 5.69 Å². The molecule has 0 aliphatic carbocycles. The minimum atomic E-state index is -0.836. The number of amides is 2. The van der Waals surface area contributed by atoms with Crippen LogP contribution in [0.25, 0.3) is 0 Å². The van der Waals surface area contributed by atoms with Crippen LogP contribution in [0.1, 0.15) is 18.5 Å². The van der Waals surface area contributed by atoms with Gasteiger partial charge < -0.3 is 16.4 Å². The molecule has 4 N–H and O–H groups in total. The standard InChI is InChI=1S/C15H15F2N3O/c1-9(18)10-5-7-11(8-6-10)19-15(21)20-14-12(16)3-2-4-13(14)17/h2-9H,18H2,1H3,(H2,19,20,21). The molecule has 0 aliphatic heterocycles. The average molecular weight is 291 g/mol. The molecule has 1 atom stereocenters. The Morgan fingerprint density at radius 1 is 1.05 bits per heavy atom. The van der Waals surface area contributed by atoms with Gasteiger partial charge in [0, 0.05) is 11.7 Å². The van der Waals surface area contributed by atoms with Gasteiger partial charge in [0.25, 0.3) is 0 Å². The van der Waals surface area contributed by atoms with E-state index in [1.807, 2.05) is 6.92 Å². The van der Waals surface area contributed by atoms with Crippen LogP contribution in [0.15, 0.2) is 42.5 Å². The van der Waals surface area contributed by atoms with E-state index >= 15 is 0 Å². The van der Waals surface area contributed by atoms with E-state index in [2.05, 4.69) is 10.6 Å². The number of carbonyl (C=O) groups is 1. The van der Waals surface area contributed by atoms with Gasteiger partial charge in [-0.05, 0) is 36.8 Å².